The molecule has 0 atom stereocenters. The van der Waals surface area contributed by atoms with Gasteiger partial charge in [0, 0.05) is 37.0 Å². The van der Waals surface area contributed by atoms with E-state index in [0.29, 0.717) is 12.1 Å². The van der Waals surface area contributed by atoms with Gasteiger partial charge in [-0.15, -0.1) is 0 Å². The maximum absolute atomic E-state index is 12.7. The lowest BCUT2D eigenvalue weighted by Crippen LogP contribution is -2.31. The van der Waals surface area contributed by atoms with Crippen LogP contribution in [0.1, 0.15) is 10.4 Å². The van der Waals surface area contributed by atoms with Crippen LogP contribution in [0.15, 0.2) is 42.5 Å². The highest BCUT2D eigenvalue weighted by atomic mass is 16.1. The fourth-order valence-corrected chi connectivity index (χ4v) is 3.09. The molecular weight excluding hydrogens is 338 g/mol. The molecule has 0 radical (unpaired) electrons. The molecule has 0 unspecified atom stereocenters. The van der Waals surface area contributed by atoms with Gasteiger partial charge in [0.05, 0.1) is 22.3 Å². The van der Waals surface area contributed by atoms with E-state index >= 15 is 0 Å². The molecule has 0 aliphatic carbocycles. The van der Waals surface area contributed by atoms with Crippen molar-refractivity contribution in [2.75, 3.05) is 52.6 Å². The van der Waals surface area contributed by atoms with Gasteiger partial charge in [0.2, 0.25) is 0 Å². The normalized spacial score (nSPS) is 11.3. The van der Waals surface area contributed by atoms with Gasteiger partial charge in [-0.2, -0.15) is 0 Å². The fourth-order valence-electron chi connectivity index (χ4n) is 3.09. The van der Waals surface area contributed by atoms with Gasteiger partial charge in [-0.3, -0.25) is 4.79 Å². The molecule has 0 saturated carbocycles. The van der Waals surface area contributed by atoms with Crippen molar-refractivity contribution in [3.05, 3.63) is 48.0 Å². The number of aromatic nitrogens is 1. The van der Waals surface area contributed by atoms with Crippen LogP contribution in [0.25, 0.3) is 21.8 Å². The van der Waals surface area contributed by atoms with Crippen molar-refractivity contribution in [3.8, 4) is 0 Å². The summed E-state index contributed by atoms with van der Waals surface area (Å²) >= 11 is 0. The van der Waals surface area contributed by atoms with E-state index in [1.54, 1.807) is 0 Å². The summed E-state index contributed by atoms with van der Waals surface area (Å²) in [6, 6.07) is 13.8. The van der Waals surface area contributed by atoms with Crippen LogP contribution >= 0.6 is 0 Å². The van der Waals surface area contributed by atoms with Gasteiger partial charge in [0.1, 0.15) is 0 Å². The summed E-state index contributed by atoms with van der Waals surface area (Å²) in [5, 5.41) is 11.7. The standard InChI is InChI=1S/C21H27N5O/c1-22-11-12-23-19-15-7-4-5-10-18(15)25-20-16(19)8-6-9-17(20)21(27)24-13-14-26(2)3/h4-10,22H,11-14H2,1-3H3,(H,23,25)(H,24,27). The number of carbonyl (C=O) groups is 1. The molecule has 27 heavy (non-hydrogen) atoms. The maximum Gasteiger partial charge on any atom is 0.253 e. The van der Waals surface area contributed by atoms with Crippen molar-refractivity contribution in [1.29, 1.82) is 0 Å². The number of anilines is 1. The quantitative estimate of drug-likeness (QED) is 0.422. The molecule has 142 valence electrons. The number of benzene rings is 2. The number of hydrogen-bond donors (Lipinski definition) is 3. The predicted octanol–water partition coefficient (Wildman–Crippen LogP) is 2.31. The van der Waals surface area contributed by atoms with E-state index in [0.717, 1.165) is 47.1 Å². The molecule has 1 heterocycles. The first kappa shape index (κ1) is 19.1. The number of para-hydroxylation sites is 2. The van der Waals surface area contributed by atoms with E-state index < -0.39 is 0 Å². The minimum absolute atomic E-state index is 0.0913. The van der Waals surface area contributed by atoms with Crippen LogP contribution in [0, 0.1) is 0 Å². The molecule has 3 rings (SSSR count). The highest BCUT2D eigenvalue weighted by Gasteiger charge is 2.15. The molecule has 0 saturated heterocycles. The van der Waals surface area contributed by atoms with Gasteiger partial charge in [-0.05, 0) is 33.3 Å². The summed E-state index contributed by atoms with van der Waals surface area (Å²) in [6.07, 6.45) is 0. The predicted molar refractivity (Wildman–Crippen MR) is 113 cm³/mol. The first-order valence-corrected chi connectivity index (χ1v) is 9.24. The SMILES string of the molecule is CNCCNc1c2ccccc2nc2c(C(=O)NCCN(C)C)cccc12. The van der Waals surface area contributed by atoms with Gasteiger partial charge >= 0.3 is 0 Å². The Morgan fingerprint density at radius 2 is 1.78 bits per heavy atom. The maximum atomic E-state index is 12.7. The number of hydrogen-bond acceptors (Lipinski definition) is 5. The summed E-state index contributed by atoms with van der Waals surface area (Å²) in [5.41, 5.74) is 3.23. The van der Waals surface area contributed by atoms with Crippen molar-refractivity contribution in [1.82, 2.24) is 20.5 Å². The Morgan fingerprint density at radius 3 is 2.56 bits per heavy atom. The summed E-state index contributed by atoms with van der Waals surface area (Å²) in [4.78, 5) is 19.6. The Bertz CT molecular complexity index is 938. The Labute approximate surface area is 160 Å². The van der Waals surface area contributed by atoms with Crippen molar-refractivity contribution in [2.45, 2.75) is 0 Å². The summed E-state index contributed by atoms with van der Waals surface area (Å²) in [6.45, 7) is 3.04. The van der Waals surface area contributed by atoms with E-state index in [1.807, 2.05) is 62.4 Å². The van der Waals surface area contributed by atoms with E-state index in [2.05, 4.69) is 22.0 Å². The van der Waals surface area contributed by atoms with Crippen LogP contribution < -0.4 is 16.0 Å². The zero-order valence-electron chi connectivity index (χ0n) is 16.2. The average Bonchev–Trinajstić information content (AvgIpc) is 2.66. The number of amides is 1. The van der Waals surface area contributed by atoms with Gasteiger partial charge < -0.3 is 20.9 Å². The molecular formula is C21H27N5O. The van der Waals surface area contributed by atoms with Gasteiger partial charge in [-0.1, -0.05) is 30.3 Å². The van der Waals surface area contributed by atoms with Crippen LogP contribution in [0.4, 0.5) is 5.69 Å². The number of nitrogens with zero attached hydrogens (tertiary/aromatic N) is 2. The Morgan fingerprint density at radius 1 is 1.00 bits per heavy atom. The second-order valence-corrected chi connectivity index (χ2v) is 6.80. The number of likely N-dealkylation sites (N-methyl/N-ethyl adjacent to an activating group) is 2. The molecule has 0 spiro atoms. The molecule has 0 bridgehead atoms. The molecule has 1 aromatic heterocycles. The molecule has 6 nitrogen and oxygen atoms in total. The Kier molecular flexibility index (Phi) is 6.21. The molecule has 6 heteroatoms. The second kappa shape index (κ2) is 8.79. The number of pyridine rings is 1. The van der Waals surface area contributed by atoms with E-state index in [1.165, 1.54) is 0 Å². The van der Waals surface area contributed by atoms with Gasteiger partial charge in [0.15, 0.2) is 0 Å². The van der Waals surface area contributed by atoms with Crippen LogP contribution in [-0.4, -0.2) is 63.1 Å². The first-order valence-electron chi connectivity index (χ1n) is 9.24. The average molecular weight is 365 g/mol. The molecule has 3 aromatic rings. The van der Waals surface area contributed by atoms with Crippen molar-refractivity contribution in [2.24, 2.45) is 0 Å². The summed E-state index contributed by atoms with van der Waals surface area (Å²) < 4.78 is 0. The largest absolute Gasteiger partial charge is 0.383 e. The number of rotatable bonds is 8. The third kappa shape index (κ3) is 4.35. The summed E-state index contributed by atoms with van der Waals surface area (Å²) in [7, 11) is 5.91. The topological polar surface area (TPSA) is 69.3 Å². The summed E-state index contributed by atoms with van der Waals surface area (Å²) in [5.74, 6) is -0.0913. The third-order valence-corrected chi connectivity index (χ3v) is 4.48. The minimum atomic E-state index is -0.0913. The van der Waals surface area contributed by atoms with Crippen LogP contribution in [0.2, 0.25) is 0 Å². The number of carbonyl (C=O) groups excluding carboxylic acids is 1. The van der Waals surface area contributed by atoms with E-state index in [-0.39, 0.29) is 5.91 Å². The van der Waals surface area contributed by atoms with Crippen LogP contribution in [-0.2, 0) is 0 Å². The lowest BCUT2D eigenvalue weighted by atomic mass is 10.0. The zero-order valence-corrected chi connectivity index (χ0v) is 16.2. The van der Waals surface area contributed by atoms with Gasteiger partial charge in [0.25, 0.3) is 5.91 Å². The van der Waals surface area contributed by atoms with Crippen molar-refractivity contribution < 1.29 is 4.79 Å². The van der Waals surface area contributed by atoms with Crippen LogP contribution in [0.5, 0.6) is 0 Å². The van der Waals surface area contributed by atoms with Crippen LogP contribution in [0.3, 0.4) is 0 Å². The molecule has 0 aliphatic heterocycles. The molecule has 0 aliphatic rings. The lowest BCUT2D eigenvalue weighted by molar-refractivity contribution is 0.0952. The van der Waals surface area contributed by atoms with Crippen molar-refractivity contribution in [3.63, 3.8) is 0 Å². The highest BCUT2D eigenvalue weighted by molar-refractivity contribution is 6.14. The lowest BCUT2D eigenvalue weighted by Gasteiger charge is -2.15. The first-order chi connectivity index (χ1) is 13.1. The van der Waals surface area contributed by atoms with Gasteiger partial charge in [-0.25, -0.2) is 4.98 Å². The van der Waals surface area contributed by atoms with E-state index in [9.17, 15) is 4.79 Å². The van der Waals surface area contributed by atoms with E-state index in [4.69, 9.17) is 4.98 Å². The fraction of sp³-hybridized carbons (Fsp3) is 0.333. The number of fused-ring (bicyclic) bond motifs is 2. The molecule has 0 fully saturated rings. The Hall–Kier alpha value is -2.70. The minimum Gasteiger partial charge on any atom is -0.383 e. The third-order valence-electron chi connectivity index (χ3n) is 4.48. The number of nitrogens with one attached hydrogen (secondary N) is 3. The molecule has 1 amide bonds. The monoisotopic (exact) mass is 365 g/mol. The molecule has 2 aromatic carbocycles. The second-order valence-electron chi connectivity index (χ2n) is 6.80. The van der Waals surface area contributed by atoms with Crippen molar-refractivity contribution >= 4 is 33.4 Å². The zero-order chi connectivity index (χ0) is 19.2. The molecule has 3 N–H and O–H groups in total. The Balaban J connectivity index is 2.05. The smallest absolute Gasteiger partial charge is 0.253 e. The highest BCUT2D eigenvalue weighted by Crippen LogP contribution is 2.32.